The van der Waals surface area contributed by atoms with Crippen molar-refractivity contribution in [3.05, 3.63) is 50.6 Å². The first-order valence-corrected chi connectivity index (χ1v) is 9.82. The van der Waals surface area contributed by atoms with Crippen LogP contribution in [0.1, 0.15) is 29.3 Å². The molecular weight excluding hydrogens is 378 g/mol. The number of amides is 1. The Morgan fingerprint density at radius 3 is 3.00 bits per heavy atom. The monoisotopic (exact) mass is 397 g/mol. The zero-order valence-corrected chi connectivity index (χ0v) is 16.1. The molecule has 9 heteroatoms. The summed E-state index contributed by atoms with van der Waals surface area (Å²) in [6.07, 6.45) is 4.32. The lowest BCUT2D eigenvalue weighted by molar-refractivity contribution is -0.121. The highest BCUT2D eigenvalue weighted by atomic mass is 32.1. The zero-order chi connectivity index (χ0) is 19.7. The van der Waals surface area contributed by atoms with Gasteiger partial charge in [-0.1, -0.05) is 12.1 Å². The highest BCUT2D eigenvalue weighted by Crippen LogP contribution is 2.35. The lowest BCUT2D eigenvalue weighted by Crippen LogP contribution is -2.32. The lowest BCUT2D eigenvalue weighted by atomic mass is 9.89. The number of phenols is 1. The van der Waals surface area contributed by atoms with Gasteiger partial charge >= 0.3 is 0 Å². The molecule has 8 nitrogen and oxygen atoms in total. The second kappa shape index (κ2) is 7.51. The minimum absolute atomic E-state index is 0.152. The topological polar surface area (TPSA) is 109 Å². The van der Waals surface area contributed by atoms with Crippen molar-refractivity contribution in [1.29, 1.82) is 0 Å². The Kier molecular flexibility index (Phi) is 4.91. The van der Waals surface area contributed by atoms with Crippen molar-refractivity contribution in [2.45, 2.75) is 32.7 Å². The van der Waals surface area contributed by atoms with E-state index in [4.69, 9.17) is 0 Å². The Morgan fingerprint density at radius 2 is 2.21 bits per heavy atom. The summed E-state index contributed by atoms with van der Waals surface area (Å²) in [5.41, 5.74) is 3.88. The highest BCUT2D eigenvalue weighted by Gasteiger charge is 2.24. The van der Waals surface area contributed by atoms with E-state index in [0.717, 1.165) is 35.1 Å². The van der Waals surface area contributed by atoms with Crippen LogP contribution >= 0.6 is 11.3 Å². The minimum atomic E-state index is -0.469. The summed E-state index contributed by atoms with van der Waals surface area (Å²) in [4.78, 5) is 26.8. The third-order valence-electron chi connectivity index (χ3n) is 4.77. The quantitative estimate of drug-likeness (QED) is 0.516. The predicted molar refractivity (Wildman–Crippen MR) is 107 cm³/mol. The van der Waals surface area contributed by atoms with Crippen LogP contribution in [0.25, 0.3) is 10.2 Å². The maximum absolute atomic E-state index is 12.8. The van der Waals surface area contributed by atoms with Crippen LogP contribution in [0.5, 0.6) is 5.75 Å². The second-order valence-corrected chi connectivity index (χ2v) is 8.05. The van der Waals surface area contributed by atoms with E-state index in [1.807, 2.05) is 0 Å². The van der Waals surface area contributed by atoms with Gasteiger partial charge in [0.2, 0.25) is 0 Å². The van der Waals surface area contributed by atoms with Gasteiger partial charge < -0.3 is 5.11 Å². The predicted octanol–water partition coefficient (Wildman–Crippen LogP) is 1.83. The SMILES string of the molecule is C[C@H]1CCc2c(sc3nnn(CC(=O)N/N=C/c4ccc(O)cc4)c(=O)c23)C1. The number of phenolic OH excluding ortho intramolecular Hbond substituents is 1. The lowest BCUT2D eigenvalue weighted by Gasteiger charge is -2.17. The van der Waals surface area contributed by atoms with Gasteiger partial charge in [-0.3, -0.25) is 9.59 Å². The fourth-order valence-electron chi connectivity index (χ4n) is 3.31. The van der Waals surface area contributed by atoms with E-state index < -0.39 is 5.91 Å². The maximum Gasteiger partial charge on any atom is 0.279 e. The number of hydrogen-bond acceptors (Lipinski definition) is 7. The van der Waals surface area contributed by atoms with Crippen LogP contribution in [0.15, 0.2) is 34.2 Å². The summed E-state index contributed by atoms with van der Waals surface area (Å²) in [6, 6.07) is 6.37. The Hall–Kier alpha value is -3.07. The molecule has 0 spiro atoms. The number of fused-ring (bicyclic) bond motifs is 3. The molecule has 1 aliphatic rings. The number of nitrogens with zero attached hydrogens (tertiary/aromatic N) is 4. The number of carbonyl (C=O) groups excluding carboxylic acids is 1. The summed E-state index contributed by atoms with van der Waals surface area (Å²) >= 11 is 1.53. The van der Waals surface area contributed by atoms with E-state index in [1.54, 1.807) is 12.1 Å². The summed E-state index contributed by atoms with van der Waals surface area (Å²) in [6.45, 7) is 1.95. The van der Waals surface area contributed by atoms with Gasteiger partial charge in [0, 0.05) is 4.88 Å². The molecule has 28 heavy (non-hydrogen) atoms. The van der Waals surface area contributed by atoms with Gasteiger partial charge in [0.1, 0.15) is 12.3 Å². The van der Waals surface area contributed by atoms with Crippen molar-refractivity contribution in [3.8, 4) is 5.75 Å². The average Bonchev–Trinajstić information content (AvgIpc) is 3.04. The number of hydrogen-bond donors (Lipinski definition) is 2. The molecule has 3 aromatic rings. The molecule has 1 amide bonds. The molecule has 1 aromatic carbocycles. The molecule has 2 heterocycles. The van der Waals surface area contributed by atoms with Gasteiger partial charge in [0.05, 0.1) is 11.6 Å². The van der Waals surface area contributed by atoms with E-state index in [-0.39, 0.29) is 17.9 Å². The van der Waals surface area contributed by atoms with Crippen LogP contribution in [0, 0.1) is 5.92 Å². The number of rotatable bonds is 4. The smallest absolute Gasteiger partial charge is 0.279 e. The van der Waals surface area contributed by atoms with Gasteiger partial charge in [-0.15, -0.1) is 16.4 Å². The third kappa shape index (κ3) is 3.65. The molecule has 0 unspecified atom stereocenters. The zero-order valence-electron chi connectivity index (χ0n) is 15.3. The van der Waals surface area contributed by atoms with Crippen LogP contribution in [0.3, 0.4) is 0 Å². The number of aromatic hydroxyl groups is 1. The molecule has 0 radical (unpaired) electrons. The van der Waals surface area contributed by atoms with Gasteiger partial charge in [-0.25, -0.2) is 10.1 Å². The Morgan fingerprint density at radius 1 is 1.43 bits per heavy atom. The van der Waals surface area contributed by atoms with Gasteiger partial charge in [0.15, 0.2) is 4.83 Å². The van der Waals surface area contributed by atoms with Crippen LogP contribution in [-0.2, 0) is 24.2 Å². The van der Waals surface area contributed by atoms with E-state index in [0.29, 0.717) is 16.1 Å². The standard InChI is InChI=1S/C19H19N5O3S/c1-11-2-7-14-15(8-11)28-18-17(14)19(27)24(23-22-18)10-16(26)21-20-9-12-3-5-13(25)6-4-12/h3-6,9,11,25H,2,7-8,10H2,1H3,(H,21,26)/b20-9+/t11-/m0/s1. The van der Waals surface area contributed by atoms with Crippen LogP contribution in [0.2, 0.25) is 0 Å². The molecule has 4 rings (SSSR count). The Bertz CT molecular complexity index is 1120. The summed E-state index contributed by atoms with van der Waals surface area (Å²) in [7, 11) is 0. The number of aryl methyl sites for hydroxylation is 1. The van der Waals surface area contributed by atoms with E-state index >= 15 is 0 Å². The average molecular weight is 397 g/mol. The van der Waals surface area contributed by atoms with Gasteiger partial charge in [0.25, 0.3) is 11.5 Å². The summed E-state index contributed by atoms with van der Waals surface area (Å²) < 4.78 is 1.08. The van der Waals surface area contributed by atoms with Gasteiger partial charge in [-0.05, 0) is 60.6 Å². The number of aromatic nitrogens is 3. The van der Waals surface area contributed by atoms with Crippen LogP contribution < -0.4 is 11.0 Å². The number of benzene rings is 1. The van der Waals surface area contributed by atoms with Crippen LogP contribution in [-0.4, -0.2) is 32.2 Å². The summed E-state index contributed by atoms with van der Waals surface area (Å²) in [5.74, 6) is 0.288. The second-order valence-electron chi connectivity index (χ2n) is 6.97. The number of thiophene rings is 1. The number of nitrogens with one attached hydrogen (secondary N) is 1. The van der Waals surface area contributed by atoms with E-state index in [2.05, 4.69) is 27.8 Å². The molecule has 0 saturated heterocycles. The molecule has 1 atom stereocenters. The fraction of sp³-hybridized carbons (Fsp3) is 0.316. The van der Waals surface area contributed by atoms with Crippen LogP contribution in [0.4, 0.5) is 0 Å². The first kappa shape index (κ1) is 18.3. The van der Waals surface area contributed by atoms with Crippen molar-refractivity contribution >= 4 is 33.7 Å². The van der Waals surface area contributed by atoms with Crippen molar-refractivity contribution in [1.82, 2.24) is 20.4 Å². The molecule has 144 valence electrons. The minimum Gasteiger partial charge on any atom is -0.508 e. The molecule has 0 fully saturated rings. The van der Waals surface area contributed by atoms with Crippen molar-refractivity contribution in [2.24, 2.45) is 11.0 Å². The molecule has 0 bridgehead atoms. The first-order valence-electron chi connectivity index (χ1n) is 9.00. The molecule has 1 aliphatic carbocycles. The van der Waals surface area contributed by atoms with Crippen molar-refractivity contribution in [2.75, 3.05) is 0 Å². The molecule has 2 aromatic heterocycles. The van der Waals surface area contributed by atoms with Gasteiger partial charge in [-0.2, -0.15) is 5.10 Å². The normalized spacial score (nSPS) is 16.4. The molecule has 0 saturated carbocycles. The first-order chi connectivity index (χ1) is 13.5. The number of hydrazone groups is 1. The molecule has 0 aliphatic heterocycles. The molecular formula is C19H19N5O3S. The van der Waals surface area contributed by atoms with E-state index in [1.165, 1.54) is 34.6 Å². The summed E-state index contributed by atoms with van der Waals surface area (Å²) in [5, 5.41) is 21.8. The fourth-order valence-corrected chi connectivity index (χ4v) is 4.62. The van der Waals surface area contributed by atoms with E-state index in [9.17, 15) is 14.7 Å². The third-order valence-corrected chi connectivity index (χ3v) is 5.91. The Labute approximate surface area is 164 Å². The molecule has 2 N–H and O–H groups in total. The highest BCUT2D eigenvalue weighted by molar-refractivity contribution is 7.18. The van der Waals surface area contributed by atoms with Crippen molar-refractivity contribution in [3.63, 3.8) is 0 Å². The maximum atomic E-state index is 12.8. The number of carbonyl (C=O) groups is 1. The Balaban J connectivity index is 1.50. The van der Waals surface area contributed by atoms with Crippen molar-refractivity contribution < 1.29 is 9.90 Å². The largest absolute Gasteiger partial charge is 0.508 e.